The molecule has 2 rings (SSSR count). The molecule has 1 aromatic rings. The number of carbonyl (C=O) groups excluding carboxylic acids is 1. The Labute approximate surface area is 139 Å². The predicted octanol–water partition coefficient (Wildman–Crippen LogP) is 4.31. The van der Waals surface area contributed by atoms with Crippen molar-refractivity contribution in [3.63, 3.8) is 0 Å². The highest BCUT2D eigenvalue weighted by Gasteiger charge is 2.28. The summed E-state index contributed by atoms with van der Waals surface area (Å²) in [5.74, 6) is 0.689. The van der Waals surface area contributed by atoms with E-state index in [1.807, 2.05) is 25.1 Å². The Kier molecular flexibility index (Phi) is 7.50. The average molecular weight is 316 g/mol. The van der Waals surface area contributed by atoms with E-state index in [9.17, 15) is 4.79 Å². The standard InChI is InChI=1S/C20H28O3/c1-3-7-18(21)14-19-11-10-16(2)20(23-19)12-13-22-15-17-8-5-4-6-9-17/h3-9,16,19-20H,10-15H2,1-2H3/b7-3+/t16-,19+,20-/m0/s1. The normalized spacial score (nSPS) is 24.9. The summed E-state index contributed by atoms with van der Waals surface area (Å²) in [6, 6.07) is 10.2. The average Bonchev–Trinajstić information content (AvgIpc) is 2.55. The third-order valence-corrected chi connectivity index (χ3v) is 4.39. The third-order valence-electron chi connectivity index (χ3n) is 4.39. The quantitative estimate of drug-likeness (QED) is 0.529. The van der Waals surface area contributed by atoms with Crippen LogP contribution in [0.5, 0.6) is 0 Å². The van der Waals surface area contributed by atoms with Crippen molar-refractivity contribution < 1.29 is 14.3 Å². The molecule has 0 unspecified atom stereocenters. The lowest BCUT2D eigenvalue weighted by Gasteiger charge is -2.34. The Balaban J connectivity index is 1.71. The fourth-order valence-electron chi connectivity index (χ4n) is 3.03. The van der Waals surface area contributed by atoms with E-state index in [0.29, 0.717) is 25.6 Å². The molecule has 0 amide bonds. The SMILES string of the molecule is C/C=C/C(=O)C[C@H]1CC[C@H](C)[C@H](CCOCc2ccccc2)O1. The molecule has 126 valence electrons. The van der Waals surface area contributed by atoms with E-state index in [1.165, 1.54) is 5.56 Å². The predicted molar refractivity (Wildman–Crippen MR) is 92.2 cm³/mol. The monoisotopic (exact) mass is 316 g/mol. The van der Waals surface area contributed by atoms with E-state index in [-0.39, 0.29) is 18.0 Å². The van der Waals surface area contributed by atoms with Crippen LogP contribution in [0.15, 0.2) is 42.5 Å². The van der Waals surface area contributed by atoms with E-state index in [2.05, 4.69) is 19.1 Å². The summed E-state index contributed by atoms with van der Waals surface area (Å²) in [6.45, 7) is 5.44. The van der Waals surface area contributed by atoms with Crippen molar-refractivity contribution in [3.8, 4) is 0 Å². The van der Waals surface area contributed by atoms with E-state index in [4.69, 9.17) is 9.47 Å². The van der Waals surface area contributed by atoms with Crippen molar-refractivity contribution in [1.29, 1.82) is 0 Å². The van der Waals surface area contributed by atoms with E-state index >= 15 is 0 Å². The first-order valence-corrected chi connectivity index (χ1v) is 8.61. The van der Waals surface area contributed by atoms with Crippen LogP contribution in [-0.4, -0.2) is 24.6 Å². The lowest BCUT2D eigenvalue weighted by molar-refractivity contribution is -0.125. The van der Waals surface area contributed by atoms with Gasteiger partial charge in [-0.1, -0.05) is 43.3 Å². The lowest BCUT2D eigenvalue weighted by Crippen LogP contribution is -2.35. The van der Waals surface area contributed by atoms with Crippen LogP contribution in [0.3, 0.4) is 0 Å². The number of ketones is 1. The van der Waals surface area contributed by atoms with Gasteiger partial charge in [0.1, 0.15) is 0 Å². The maximum atomic E-state index is 11.7. The van der Waals surface area contributed by atoms with Crippen LogP contribution in [0.2, 0.25) is 0 Å². The van der Waals surface area contributed by atoms with E-state index in [1.54, 1.807) is 12.2 Å². The van der Waals surface area contributed by atoms with Crippen LogP contribution in [0, 0.1) is 5.92 Å². The number of carbonyl (C=O) groups is 1. The zero-order valence-electron chi connectivity index (χ0n) is 14.2. The van der Waals surface area contributed by atoms with Gasteiger partial charge >= 0.3 is 0 Å². The largest absolute Gasteiger partial charge is 0.377 e. The van der Waals surface area contributed by atoms with Gasteiger partial charge in [0.05, 0.1) is 18.8 Å². The molecule has 3 heteroatoms. The van der Waals surface area contributed by atoms with Crippen LogP contribution < -0.4 is 0 Å². The summed E-state index contributed by atoms with van der Waals surface area (Å²) in [6.07, 6.45) is 7.18. The molecule has 3 atom stereocenters. The molecule has 0 aromatic heterocycles. The summed E-state index contributed by atoms with van der Waals surface area (Å²) in [5.41, 5.74) is 1.19. The van der Waals surface area contributed by atoms with Gasteiger partial charge in [0.25, 0.3) is 0 Å². The molecular formula is C20H28O3. The second-order valence-electron chi connectivity index (χ2n) is 6.35. The van der Waals surface area contributed by atoms with Crippen LogP contribution in [0.1, 0.15) is 45.1 Å². The molecule has 1 aromatic carbocycles. The second kappa shape index (κ2) is 9.64. The number of hydrogen-bond acceptors (Lipinski definition) is 3. The molecule has 0 N–H and O–H groups in total. The zero-order chi connectivity index (χ0) is 16.5. The molecule has 0 radical (unpaired) electrons. The van der Waals surface area contributed by atoms with Gasteiger partial charge < -0.3 is 9.47 Å². The van der Waals surface area contributed by atoms with Gasteiger partial charge in [-0.2, -0.15) is 0 Å². The molecule has 0 spiro atoms. The van der Waals surface area contributed by atoms with Crippen molar-refractivity contribution in [1.82, 2.24) is 0 Å². The van der Waals surface area contributed by atoms with Crippen LogP contribution >= 0.6 is 0 Å². The molecular weight excluding hydrogens is 288 g/mol. The summed E-state index contributed by atoms with van der Waals surface area (Å²) in [5, 5.41) is 0. The van der Waals surface area contributed by atoms with Crippen LogP contribution in [-0.2, 0) is 20.9 Å². The smallest absolute Gasteiger partial charge is 0.157 e. The number of rotatable bonds is 8. The molecule has 1 saturated heterocycles. The Morgan fingerprint density at radius 3 is 2.83 bits per heavy atom. The fraction of sp³-hybridized carbons (Fsp3) is 0.550. The Bertz CT molecular complexity index is 495. The summed E-state index contributed by atoms with van der Waals surface area (Å²) in [7, 11) is 0. The third kappa shape index (κ3) is 6.28. The van der Waals surface area contributed by atoms with Gasteiger partial charge in [-0.3, -0.25) is 4.79 Å². The van der Waals surface area contributed by atoms with Crippen molar-refractivity contribution in [2.24, 2.45) is 5.92 Å². The number of allylic oxidation sites excluding steroid dienone is 2. The van der Waals surface area contributed by atoms with Gasteiger partial charge in [-0.05, 0) is 43.7 Å². The molecule has 0 aliphatic carbocycles. The molecule has 0 bridgehead atoms. The topological polar surface area (TPSA) is 35.5 Å². The van der Waals surface area contributed by atoms with Crippen LogP contribution in [0.25, 0.3) is 0 Å². The second-order valence-corrected chi connectivity index (χ2v) is 6.35. The highest BCUT2D eigenvalue weighted by Crippen LogP contribution is 2.28. The molecule has 1 fully saturated rings. The first-order chi connectivity index (χ1) is 11.2. The molecule has 3 nitrogen and oxygen atoms in total. The van der Waals surface area contributed by atoms with Gasteiger partial charge in [-0.15, -0.1) is 0 Å². The lowest BCUT2D eigenvalue weighted by atomic mass is 9.90. The van der Waals surface area contributed by atoms with Gasteiger partial charge in [0, 0.05) is 13.0 Å². The van der Waals surface area contributed by atoms with Crippen molar-refractivity contribution >= 4 is 5.78 Å². The first kappa shape index (κ1) is 17.9. The Morgan fingerprint density at radius 1 is 1.30 bits per heavy atom. The Morgan fingerprint density at radius 2 is 2.09 bits per heavy atom. The van der Waals surface area contributed by atoms with Crippen molar-refractivity contribution in [2.45, 2.75) is 58.3 Å². The van der Waals surface area contributed by atoms with Gasteiger partial charge in [-0.25, -0.2) is 0 Å². The first-order valence-electron chi connectivity index (χ1n) is 8.61. The molecule has 0 saturated carbocycles. The summed E-state index contributed by atoms with van der Waals surface area (Å²) in [4.78, 5) is 11.7. The highest BCUT2D eigenvalue weighted by molar-refractivity contribution is 5.89. The molecule has 1 aliphatic rings. The molecule has 1 heterocycles. The number of ether oxygens (including phenoxy) is 2. The van der Waals surface area contributed by atoms with E-state index < -0.39 is 0 Å². The molecule has 23 heavy (non-hydrogen) atoms. The van der Waals surface area contributed by atoms with Gasteiger partial charge in [0.15, 0.2) is 5.78 Å². The highest BCUT2D eigenvalue weighted by atomic mass is 16.5. The summed E-state index contributed by atoms with van der Waals surface area (Å²) < 4.78 is 11.9. The maximum Gasteiger partial charge on any atom is 0.157 e. The minimum Gasteiger partial charge on any atom is -0.377 e. The van der Waals surface area contributed by atoms with Crippen molar-refractivity contribution in [2.75, 3.05) is 6.61 Å². The number of benzene rings is 1. The Hall–Kier alpha value is -1.45. The van der Waals surface area contributed by atoms with Gasteiger partial charge in [0.2, 0.25) is 0 Å². The minimum absolute atomic E-state index is 0.0639. The van der Waals surface area contributed by atoms with Crippen molar-refractivity contribution in [3.05, 3.63) is 48.0 Å². The minimum atomic E-state index is 0.0639. The zero-order valence-corrected chi connectivity index (χ0v) is 14.2. The number of hydrogen-bond donors (Lipinski definition) is 0. The van der Waals surface area contributed by atoms with Crippen LogP contribution in [0.4, 0.5) is 0 Å². The van der Waals surface area contributed by atoms with E-state index in [0.717, 1.165) is 19.3 Å². The fourth-order valence-corrected chi connectivity index (χ4v) is 3.03. The maximum absolute atomic E-state index is 11.7. The summed E-state index contributed by atoms with van der Waals surface area (Å²) >= 11 is 0. The molecule has 1 aliphatic heterocycles.